The molecule has 0 saturated heterocycles. The molecule has 0 fully saturated rings. The average molecular weight is 563 g/mol. The van der Waals surface area contributed by atoms with Gasteiger partial charge in [-0.2, -0.15) is 5.10 Å². The van der Waals surface area contributed by atoms with Crippen molar-refractivity contribution in [2.24, 2.45) is 12.9 Å². The van der Waals surface area contributed by atoms with Crippen LogP contribution in [0.1, 0.15) is 5.56 Å². The third-order valence-corrected chi connectivity index (χ3v) is 6.38. The Labute approximate surface area is 241 Å². The maximum absolute atomic E-state index is 12.8. The van der Waals surface area contributed by atoms with Crippen LogP contribution in [0.2, 0.25) is 0 Å². The van der Waals surface area contributed by atoms with Crippen molar-refractivity contribution in [1.29, 1.82) is 5.41 Å². The molecule has 3 rings (SSSR count). The molecule has 0 atom stereocenters. The molecule has 3 aromatic rings. The Hall–Kier alpha value is -4.39. The van der Waals surface area contributed by atoms with Gasteiger partial charge in [0.05, 0.1) is 41.6 Å². The highest BCUT2D eigenvalue weighted by Crippen LogP contribution is 2.37. The van der Waals surface area contributed by atoms with E-state index < -0.39 is 0 Å². The minimum Gasteiger partial charge on any atom is -0.494 e. The van der Waals surface area contributed by atoms with Gasteiger partial charge < -0.3 is 40.9 Å². The lowest BCUT2D eigenvalue weighted by molar-refractivity contribution is -0.111. The maximum atomic E-state index is 12.8. The normalized spacial score (nSPS) is 11.9. The maximum Gasteiger partial charge on any atom is 0.248 e. The molecule has 0 saturated carbocycles. The van der Waals surface area contributed by atoms with Crippen LogP contribution < -0.4 is 31.5 Å². The second-order valence-electron chi connectivity index (χ2n) is 10.2. The Kier molecular flexibility index (Phi) is 10.9. The van der Waals surface area contributed by atoms with Crippen LogP contribution in [0.5, 0.6) is 5.75 Å². The van der Waals surface area contributed by atoms with Crippen molar-refractivity contribution in [1.82, 2.24) is 25.0 Å². The predicted molar refractivity (Wildman–Crippen MR) is 168 cm³/mol. The number of rotatable bonds is 14. The zero-order chi connectivity index (χ0) is 30.1. The molecule has 0 bridgehead atoms. The van der Waals surface area contributed by atoms with E-state index in [4.69, 9.17) is 16.0 Å². The van der Waals surface area contributed by atoms with Crippen molar-refractivity contribution in [2.45, 2.75) is 0 Å². The lowest BCUT2D eigenvalue weighted by Crippen LogP contribution is -2.29. The molecular formula is C29H42N10O2. The van der Waals surface area contributed by atoms with Gasteiger partial charge in [0.25, 0.3) is 0 Å². The zero-order valence-corrected chi connectivity index (χ0v) is 24.9. The number of nitrogens with zero attached hydrogens (tertiary/aromatic N) is 5. The molecule has 12 heteroatoms. The Morgan fingerprint density at radius 1 is 1.07 bits per heavy atom. The number of methoxy groups -OCH3 is 1. The first-order valence-corrected chi connectivity index (χ1v) is 13.2. The fourth-order valence-electron chi connectivity index (χ4n) is 4.08. The number of hydrogen-bond acceptors (Lipinski definition) is 10. The first-order valence-electron chi connectivity index (χ1n) is 13.2. The van der Waals surface area contributed by atoms with Gasteiger partial charge in [-0.05, 0) is 46.4 Å². The number of carbonyl (C=O) groups excluding carboxylic acids is 1. The Bertz CT molecular complexity index is 1420. The van der Waals surface area contributed by atoms with Crippen LogP contribution in [0.25, 0.3) is 10.9 Å². The molecule has 0 aliphatic heterocycles. The first kappa shape index (κ1) is 31.1. The molecule has 41 heavy (non-hydrogen) atoms. The number of anilines is 3. The number of hydrazine groups is 1. The minimum absolute atomic E-state index is 0.245. The summed E-state index contributed by atoms with van der Waals surface area (Å²) < 4.78 is 7.49. The van der Waals surface area contributed by atoms with Gasteiger partial charge in [0.15, 0.2) is 0 Å². The second kappa shape index (κ2) is 14.3. The van der Waals surface area contributed by atoms with Gasteiger partial charge in [0, 0.05) is 62.9 Å². The molecule has 1 amide bonds. The van der Waals surface area contributed by atoms with Gasteiger partial charge >= 0.3 is 0 Å². The zero-order valence-electron chi connectivity index (χ0n) is 24.9. The molecule has 12 nitrogen and oxygen atoms in total. The van der Waals surface area contributed by atoms with Crippen LogP contribution in [0.15, 0.2) is 60.6 Å². The second-order valence-corrected chi connectivity index (χ2v) is 10.2. The van der Waals surface area contributed by atoms with E-state index in [1.54, 1.807) is 36.2 Å². The number of nitrogens with two attached hydrogens (primary N) is 1. The number of ether oxygens (including phenoxy) is 1. The van der Waals surface area contributed by atoms with E-state index in [0.29, 0.717) is 35.1 Å². The lowest BCUT2D eigenvalue weighted by Gasteiger charge is -2.26. The van der Waals surface area contributed by atoms with E-state index in [0.717, 1.165) is 29.7 Å². The molecule has 6 N–H and O–H groups in total. The van der Waals surface area contributed by atoms with Gasteiger partial charge in [0.1, 0.15) is 11.6 Å². The number of benzene rings is 2. The van der Waals surface area contributed by atoms with Crippen molar-refractivity contribution in [2.75, 3.05) is 77.5 Å². The average Bonchev–Trinajstić information content (AvgIpc) is 3.30. The Morgan fingerprint density at radius 2 is 1.83 bits per heavy atom. The number of aromatic nitrogens is 2. The molecular weight excluding hydrogens is 520 g/mol. The van der Waals surface area contributed by atoms with E-state index in [-0.39, 0.29) is 11.6 Å². The number of carbonyl (C=O) groups is 1. The van der Waals surface area contributed by atoms with Crippen molar-refractivity contribution >= 4 is 39.6 Å². The molecule has 0 unspecified atom stereocenters. The number of allylic oxidation sites excluding steroid dienone is 1. The van der Waals surface area contributed by atoms with Crippen LogP contribution in [0.3, 0.4) is 0 Å². The number of nitrogens with one attached hydrogen (secondary N) is 4. The van der Waals surface area contributed by atoms with Crippen molar-refractivity contribution in [3.05, 3.63) is 66.1 Å². The summed E-state index contributed by atoms with van der Waals surface area (Å²) in [6.07, 6.45) is 6.69. The van der Waals surface area contributed by atoms with Gasteiger partial charge in [0.2, 0.25) is 5.91 Å². The Balaban J connectivity index is 1.94. The molecule has 220 valence electrons. The van der Waals surface area contributed by atoms with Crippen LogP contribution >= 0.6 is 0 Å². The van der Waals surface area contributed by atoms with Crippen LogP contribution in [0.4, 0.5) is 17.1 Å². The molecule has 0 aliphatic rings. The molecule has 1 heterocycles. The summed E-state index contributed by atoms with van der Waals surface area (Å²) in [5, 5.41) is 20.1. The van der Waals surface area contributed by atoms with Gasteiger partial charge in [-0.15, -0.1) is 0 Å². The standard InChI is InChI=1S/C29H42N10O2/c1-36(2)12-8-9-29(40)34-23-17-24(27(41-7)18-26(23)38(5)14-13-37(3)4)33-28(35-31)16-22(30)20-10-11-25-21(15-20)19-32-39(25)6/h8-11,15-19,30,33,35H,12-14,31H2,1-7H3,(H,34,40)/b9-8+,28-16-,30-22?. The van der Waals surface area contributed by atoms with Gasteiger partial charge in [-0.3, -0.25) is 9.48 Å². The third kappa shape index (κ3) is 8.55. The number of hydrogen-bond donors (Lipinski definition) is 5. The SMILES string of the molecule is COc1cc(N(C)CCN(C)C)c(NC(=O)/C=C/CN(C)C)cc1N/C(=C/C(=N)c1ccc2c(cnn2C)c1)NN. The summed E-state index contributed by atoms with van der Waals surface area (Å²) in [6.45, 7) is 2.20. The van der Waals surface area contributed by atoms with E-state index >= 15 is 0 Å². The molecule has 1 aromatic heterocycles. The van der Waals surface area contributed by atoms with E-state index in [1.807, 2.05) is 71.5 Å². The Morgan fingerprint density at radius 3 is 2.49 bits per heavy atom. The fraction of sp³-hybridized carbons (Fsp3) is 0.345. The number of amides is 1. The molecule has 0 radical (unpaired) electrons. The molecule has 2 aromatic carbocycles. The summed E-state index contributed by atoms with van der Waals surface area (Å²) in [6, 6.07) is 9.38. The minimum atomic E-state index is -0.245. The van der Waals surface area contributed by atoms with Gasteiger partial charge in [-0.1, -0.05) is 12.1 Å². The summed E-state index contributed by atoms with van der Waals surface area (Å²) in [5.41, 5.74) is 6.52. The largest absolute Gasteiger partial charge is 0.494 e. The molecule has 0 spiro atoms. The predicted octanol–water partition coefficient (Wildman–Crippen LogP) is 2.42. The van der Waals surface area contributed by atoms with Crippen molar-refractivity contribution in [3.8, 4) is 5.75 Å². The number of likely N-dealkylation sites (N-methyl/N-ethyl adjacent to an activating group) is 3. The summed E-state index contributed by atoms with van der Waals surface area (Å²) >= 11 is 0. The van der Waals surface area contributed by atoms with Crippen molar-refractivity contribution < 1.29 is 9.53 Å². The van der Waals surface area contributed by atoms with E-state index in [9.17, 15) is 4.79 Å². The quantitative estimate of drug-likeness (QED) is 0.0867. The van der Waals surface area contributed by atoms with Crippen LogP contribution in [-0.2, 0) is 11.8 Å². The lowest BCUT2D eigenvalue weighted by atomic mass is 10.1. The first-order chi connectivity index (χ1) is 19.5. The third-order valence-electron chi connectivity index (χ3n) is 6.38. The van der Waals surface area contributed by atoms with Gasteiger partial charge in [-0.25, -0.2) is 5.84 Å². The van der Waals surface area contributed by atoms with E-state index in [2.05, 4.69) is 31.0 Å². The summed E-state index contributed by atoms with van der Waals surface area (Å²) in [5.74, 6) is 6.52. The van der Waals surface area contributed by atoms with Crippen LogP contribution in [0, 0.1) is 5.41 Å². The highest BCUT2D eigenvalue weighted by molar-refractivity contribution is 6.09. The smallest absolute Gasteiger partial charge is 0.248 e. The highest BCUT2D eigenvalue weighted by atomic mass is 16.5. The summed E-state index contributed by atoms with van der Waals surface area (Å²) in [4.78, 5) is 18.9. The topological polar surface area (TPSA) is 140 Å². The van der Waals surface area contributed by atoms with Crippen molar-refractivity contribution in [3.63, 3.8) is 0 Å². The monoisotopic (exact) mass is 562 g/mol. The number of aryl methyl sites for hydroxylation is 1. The van der Waals surface area contributed by atoms with E-state index in [1.165, 1.54) is 6.08 Å². The number of fused-ring (bicyclic) bond motifs is 1. The summed E-state index contributed by atoms with van der Waals surface area (Å²) in [7, 11) is 13.3. The fourth-order valence-corrected chi connectivity index (χ4v) is 4.08. The van der Waals surface area contributed by atoms with Crippen LogP contribution in [-0.4, -0.2) is 93.2 Å². The molecule has 0 aliphatic carbocycles. The highest BCUT2D eigenvalue weighted by Gasteiger charge is 2.17.